The number of carboxylic acids is 3. The maximum absolute atomic E-state index is 10.1. The Hall–Kier alpha value is 0.162. The summed E-state index contributed by atoms with van der Waals surface area (Å²) in [6, 6.07) is 0. The number of carbonyl (C=O) groups excluding carboxylic acids is 3. The molecule has 1 aliphatic carbocycles. The molecule has 1 fully saturated rings. The zero-order valence-electron chi connectivity index (χ0n) is 13.6. The van der Waals surface area contributed by atoms with Gasteiger partial charge in [0.25, 0.3) is 0 Å². The van der Waals surface area contributed by atoms with Crippen LogP contribution in [0.1, 0.15) is 51.4 Å². The molecule has 1 aliphatic rings. The second kappa shape index (κ2) is 16.0. The van der Waals surface area contributed by atoms with Gasteiger partial charge in [0.15, 0.2) is 0 Å². The van der Waals surface area contributed by atoms with Crippen molar-refractivity contribution in [3.05, 3.63) is 0 Å². The number of carboxylic acid groups (broad SMARTS) is 3. The monoisotopic (exact) mass is 294 g/mol. The van der Waals surface area contributed by atoms with Gasteiger partial charge in [-0.25, -0.2) is 0 Å². The molecular weight excluding hydrogens is 277 g/mol. The molecule has 0 atom stereocenters. The van der Waals surface area contributed by atoms with E-state index in [-0.39, 0.29) is 56.6 Å². The van der Waals surface area contributed by atoms with Gasteiger partial charge in [-0.3, -0.25) is 0 Å². The van der Waals surface area contributed by atoms with Crippen LogP contribution < -0.4 is 71.9 Å². The zero-order valence-corrected chi connectivity index (χ0v) is 13.6. The van der Waals surface area contributed by atoms with E-state index in [1.807, 2.05) is 0 Å². The van der Waals surface area contributed by atoms with Crippen LogP contribution in [0.2, 0.25) is 0 Å². The van der Waals surface area contributed by atoms with Crippen LogP contribution in [0.5, 0.6) is 0 Å². The normalized spacial score (nSPS) is 13.0. The Balaban J connectivity index is -0.000000154. The molecule has 0 aromatic carbocycles. The summed E-state index contributed by atoms with van der Waals surface area (Å²) in [5.74, 6) is -5.98. The van der Waals surface area contributed by atoms with Crippen molar-refractivity contribution in [2.75, 3.05) is 0 Å². The number of carbonyl (C=O) groups is 3. The van der Waals surface area contributed by atoms with Crippen LogP contribution in [0, 0.1) is 0 Å². The summed E-state index contributed by atoms with van der Waals surface area (Å²) in [6.07, 6.45) is 6.28. The molecule has 0 spiro atoms. The first-order valence-corrected chi connectivity index (χ1v) is 6.11. The van der Waals surface area contributed by atoms with Crippen LogP contribution in [0.4, 0.5) is 0 Å². The first-order valence-electron chi connectivity index (χ1n) is 6.11. The Morgan fingerprint density at radius 2 is 0.955 bits per heavy atom. The van der Waals surface area contributed by atoms with Gasteiger partial charge in [-0.1, -0.05) is 38.5 Å². The van der Waals surface area contributed by atoms with E-state index < -0.39 is 36.4 Å². The summed E-state index contributed by atoms with van der Waals surface area (Å²) in [4.78, 5) is 30.0. The van der Waals surface area contributed by atoms with Gasteiger partial charge in [0.05, 0.1) is 5.97 Å². The van der Waals surface area contributed by atoms with Gasteiger partial charge in [0.2, 0.25) is 0 Å². The van der Waals surface area contributed by atoms with Crippen LogP contribution >= 0.6 is 0 Å². The van der Waals surface area contributed by atoms with Crippen LogP contribution in [-0.2, 0) is 14.4 Å². The fourth-order valence-corrected chi connectivity index (χ4v) is 1.75. The molecule has 22 heavy (non-hydrogen) atoms. The first kappa shape index (κ1) is 30.1. The largest absolute Gasteiger partial charge is 1.00 e. The van der Waals surface area contributed by atoms with Crippen molar-refractivity contribution in [1.82, 2.24) is 0 Å². The fourth-order valence-electron chi connectivity index (χ4n) is 1.75. The Labute approximate surface area is 165 Å². The second-order valence-electron chi connectivity index (χ2n) is 4.54. The topological polar surface area (TPSA) is 141 Å². The molecule has 0 bridgehead atoms. The molecule has 1 saturated carbocycles. The van der Waals surface area contributed by atoms with Crippen molar-refractivity contribution in [2.24, 2.45) is 0 Å². The maximum Gasteiger partial charge on any atom is 1.00 e. The molecule has 0 amide bonds. The minimum Gasteiger partial charge on any atom is -0.550 e. The van der Waals surface area contributed by atoms with Gasteiger partial charge in [-0.2, -0.15) is 0 Å². The van der Waals surface area contributed by atoms with Gasteiger partial charge in [-0.15, -0.1) is 0 Å². The van der Waals surface area contributed by atoms with E-state index in [9.17, 15) is 29.7 Å². The smallest absolute Gasteiger partial charge is 0.550 e. The molecule has 110 valence electrons. The molecule has 0 aliphatic heterocycles. The van der Waals surface area contributed by atoms with Crippen molar-refractivity contribution in [3.8, 4) is 0 Å². The number of rotatable bonds is 5. The number of hydrogen-bond acceptors (Lipinski definition) is 7. The summed E-state index contributed by atoms with van der Waals surface area (Å²) in [6.45, 7) is 0. The molecule has 0 heterocycles. The molecule has 0 aromatic rings. The Morgan fingerprint density at radius 1 is 0.727 bits per heavy atom. The van der Waals surface area contributed by atoms with E-state index in [1.54, 1.807) is 0 Å². The van der Waals surface area contributed by atoms with E-state index in [0.29, 0.717) is 0 Å². The minimum atomic E-state index is -2.97. The van der Waals surface area contributed by atoms with E-state index in [4.69, 9.17) is 5.11 Å². The summed E-state index contributed by atoms with van der Waals surface area (Å²) >= 11 is 0. The Morgan fingerprint density at radius 3 is 1.09 bits per heavy atom. The second-order valence-corrected chi connectivity index (χ2v) is 4.54. The fraction of sp³-hybridized carbons (Fsp3) is 0.750. The number of aliphatic carboxylic acids is 3. The van der Waals surface area contributed by atoms with Crippen molar-refractivity contribution in [1.29, 1.82) is 0 Å². The third-order valence-electron chi connectivity index (χ3n) is 2.75. The molecule has 0 unspecified atom stereocenters. The first-order chi connectivity index (χ1) is 8.78. The third-order valence-corrected chi connectivity index (χ3v) is 2.75. The van der Waals surface area contributed by atoms with Crippen molar-refractivity contribution < 1.29 is 91.4 Å². The van der Waals surface area contributed by atoms with Crippen molar-refractivity contribution >= 4 is 17.9 Å². The Kier molecular flexibility index (Phi) is 21.9. The van der Waals surface area contributed by atoms with Gasteiger partial charge in [-0.05, 0) is 0 Å². The average molecular weight is 294 g/mol. The summed E-state index contributed by atoms with van der Waals surface area (Å²) in [5, 5.41) is 38.9. The number of aliphatic hydroxyl groups is 1. The summed E-state index contributed by atoms with van der Waals surface area (Å²) < 4.78 is 0. The van der Waals surface area contributed by atoms with Crippen molar-refractivity contribution in [2.45, 2.75) is 57.0 Å². The standard InChI is InChI=1S/C6H8O7.C6H12.3Li/c7-3(8)1-6(13,5(11)12)2-4(9)10;1-2-4-6-5-3-1;;;/h13H,1-2H2,(H,7,8)(H,9,10)(H,11,12);1-6H2;;;/q;;3*+1/p-3. The quantitative estimate of drug-likeness (QED) is 0.496. The molecule has 7 nitrogen and oxygen atoms in total. The summed E-state index contributed by atoms with van der Waals surface area (Å²) in [7, 11) is 0. The Bertz CT molecular complexity index is 305. The van der Waals surface area contributed by atoms with Crippen LogP contribution in [0.3, 0.4) is 0 Å². The maximum atomic E-state index is 10.1. The van der Waals surface area contributed by atoms with E-state index in [2.05, 4.69) is 0 Å². The summed E-state index contributed by atoms with van der Waals surface area (Å²) in [5.41, 5.74) is -2.97. The van der Waals surface area contributed by atoms with Gasteiger partial charge in [0, 0.05) is 24.8 Å². The van der Waals surface area contributed by atoms with E-state index >= 15 is 0 Å². The van der Waals surface area contributed by atoms with Crippen LogP contribution in [0.15, 0.2) is 0 Å². The molecule has 0 radical (unpaired) electrons. The van der Waals surface area contributed by atoms with Gasteiger partial charge in [0.1, 0.15) is 5.60 Å². The van der Waals surface area contributed by atoms with Crippen LogP contribution in [-0.4, -0.2) is 28.6 Å². The molecule has 0 saturated heterocycles. The van der Waals surface area contributed by atoms with E-state index in [1.165, 1.54) is 38.5 Å². The SMILES string of the molecule is C1CCCCC1.O=C([O-])CC(O)(CC(=O)[O-])C(=O)[O-].[Li+].[Li+].[Li+]. The molecule has 1 rings (SSSR count). The minimum absolute atomic E-state index is 0. The van der Waals surface area contributed by atoms with Crippen molar-refractivity contribution in [3.63, 3.8) is 0 Å². The average Bonchev–Trinajstić information content (AvgIpc) is 2.29. The molecule has 10 heteroatoms. The molecule has 0 aromatic heterocycles. The molecule has 1 N–H and O–H groups in total. The van der Waals surface area contributed by atoms with E-state index in [0.717, 1.165) is 0 Å². The molecular formula is C12H17Li3O7. The van der Waals surface area contributed by atoms with Crippen LogP contribution in [0.25, 0.3) is 0 Å². The number of hydrogen-bond donors (Lipinski definition) is 1. The van der Waals surface area contributed by atoms with Gasteiger partial charge >= 0.3 is 56.6 Å². The predicted molar refractivity (Wildman–Crippen MR) is 56.9 cm³/mol. The van der Waals surface area contributed by atoms with Gasteiger partial charge < -0.3 is 34.8 Å². The zero-order chi connectivity index (χ0) is 14.9. The third kappa shape index (κ3) is 15.1. The predicted octanol–water partition coefficient (Wildman–Crippen LogP) is -11.9.